The van der Waals surface area contributed by atoms with E-state index in [0.29, 0.717) is 17.7 Å². The predicted octanol–water partition coefficient (Wildman–Crippen LogP) is 4.83. The van der Waals surface area contributed by atoms with E-state index < -0.39 is 12.1 Å². The summed E-state index contributed by atoms with van der Waals surface area (Å²) < 4.78 is 15.3. The van der Waals surface area contributed by atoms with Crippen LogP contribution in [-0.4, -0.2) is 48.3 Å². The van der Waals surface area contributed by atoms with Crippen molar-refractivity contribution in [3.8, 4) is 17.0 Å². The van der Waals surface area contributed by atoms with E-state index in [1.54, 1.807) is 36.4 Å². The lowest BCUT2D eigenvalue weighted by atomic mass is 9.96. The molecule has 2 aromatic carbocycles. The molecule has 0 fully saturated rings. The number of carbonyl (C=O) groups is 3. The highest BCUT2D eigenvalue weighted by molar-refractivity contribution is 6.04. The Morgan fingerprint density at radius 2 is 1.89 bits per heavy atom. The maximum absolute atomic E-state index is 13.4. The van der Waals surface area contributed by atoms with Crippen molar-refractivity contribution in [2.24, 2.45) is 5.11 Å². The van der Waals surface area contributed by atoms with Crippen LogP contribution in [-0.2, 0) is 20.9 Å². The number of aromatic nitrogens is 2. The molecule has 196 valence electrons. The van der Waals surface area contributed by atoms with Crippen molar-refractivity contribution < 1.29 is 28.6 Å². The Bertz CT molecular complexity index is 1320. The highest BCUT2D eigenvalue weighted by Crippen LogP contribution is 2.35. The molecule has 12 nitrogen and oxygen atoms in total. The number of hydrogen-bond acceptors (Lipinski definition) is 9. The molecule has 0 spiro atoms. The Hall–Kier alpha value is -4.80. The highest BCUT2D eigenvalue weighted by Gasteiger charge is 2.23. The number of nitrogens with zero attached hydrogens (tertiary/aromatic N) is 5. The second-order valence-corrected chi connectivity index (χ2v) is 8.08. The smallest absolute Gasteiger partial charge is 0.429 e. The topological polar surface area (TPSA) is 165 Å². The third-order valence-corrected chi connectivity index (χ3v) is 5.27. The van der Waals surface area contributed by atoms with Gasteiger partial charge in [-0.05, 0) is 43.1 Å². The highest BCUT2D eigenvalue weighted by atomic mass is 16.7. The Balaban J connectivity index is 1.88. The zero-order chi connectivity index (χ0) is 27.3. The first kappa shape index (κ1) is 27.8. The summed E-state index contributed by atoms with van der Waals surface area (Å²) in [7, 11) is 1.44. The summed E-state index contributed by atoms with van der Waals surface area (Å²) in [5.41, 5.74) is 11.1. The zero-order valence-electron chi connectivity index (χ0n) is 20.9. The van der Waals surface area contributed by atoms with Crippen LogP contribution in [0.25, 0.3) is 21.7 Å². The van der Waals surface area contributed by atoms with Gasteiger partial charge in [-0.3, -0.25) is 9.59 Å². The van der Waals surface area contributed by atoms with Crippen LogP contribution >= 0.6 is 0 Å². The van der Waals surface area contributed by atoms with E-state index >= 15 is 0 Å². The number of carbonyl (C=O) groups excluding carboxylic acids is 3. The molecular weight excluding hydrogens is 492 g/mol. The number of methoxy groups -OCH3 is 1. The number of azide groups is 1. The number of aryl methyl sites for hydroxylation is 1. The number of benzene rings is 2. The minimum absolute atomic E-state index is 0.000838. The lowest BCUT2D eigenvalue weighted by Crippen LogP contribution is -2.27. The number of ketones is 1. The first-order valence-electron chi connectivity index (χ1n) is 11.6. The van der Waals surface area contributed by atoms with Gasteiger partial charge in [0.15, 0.2) is 5.78 Å². The van der Waals surface area contributed by atoms with E-state index in [-0.39, 0.29) is 54.5 Å². The van der Waals surface area contributed by atoms with Gasteiger partial charge in [0.2, 0.25) is 0 Å². The maximum atomic E-state index is 13.4. The zero-order valence-corrected chi connectivity index (χ0v) is 20.9. The summed E-state index contributed by atoms with van der Waals surface area (Å²) in [6.45, 7) is 1.78. The van der Waals surface area contributed by atoms with Crippen LogP contribution in [0.5, 0.6) is 5.75 Å². The Kier molecular flexibility index (Phi) is 10.3. The van der Waals surface area contributed by atoms with Crippen molar-refractivity contribution in [2.75, 3.05) is 20.3 Å². The normalized spacial score (nSPS) is 10.3. The first-order valence-corrected chi connectivity index (χ1v) is 11.6. The molecule has 12 heteroatoms. The van der Waals surface area contributed by atoms with E-state index in [2.05, 4.69) is 25.5 Å². The fourth-order valence-corrected chi connectivity index (χ4v) is 3.52. The summed E-state index contributed by atoms with van der Waals surface area (Å²) in [6, 6.07) is 13.1. The van der Waals surface area contributed by atoms with Gasteiger partial charge < -0.3 is 19.5 Å². The number of amides is 1. The molecular formula is C26H26N6O6. The number of Topliss-reactive ketones (excluding diaryl/α,β-unsaturated/α-hetero) is 1. The van der Waals surface area contributed by atoms with Gasteiger partial charge >= 0.3 is 6.16 Å². The van der Waals surface area contributed by atoms with Gasteiger partial charge in [0.05, 0.1) is 11.3 Å². The van der Waals surface area contributed by atoms with Crippen LogP contribution in [0.2, 0.25) is 0 Å². The molecule has 0 aliphatic heterocycles. The quantitative estimate of drug-likeness (QED) is 0.0888. The van der Waals surface area contributed by atoms with Crippen molar-refractivity contribution in [1.82, 2.24) is 15.5 Å². The van der Waals surface area contributed by atoms with Gasteiger partial charge in [0, 0.05) is 48.0 Å². The van der Waals surface area contributed by atoms with Crippen molar-refractivity contribution in [3.63, 3.8) is 0 Å². The molecule has 0 radical (unpaired) electrons. The molecule has 0 bridgehead atoms. The summed E-state index contributed by atoms with van der Waals surface area (Å²) in [5.74, 6) is -0.320. The molecule has 0 aliphatic rings. The van der Waals surface area contributed by atoms with Gasteiger partial charge in [-0.25, -0.2) is 4.79 Å². The summed E-state index contributed by atoms with van der Waals surface area (Å²) in [5, 5.41) is 14.4. The van der Waals surface area contributed by atoms with E-state index in [0.717, 1.165) is 5.56 Å². The van der Waals surface area contributed by atoms with Crippen molar-refractivity contribution in [3.05, 3.63) is 81.9 Å². The average molecular weight is 519 g/mol. The minimum atomic E-state index is -0.961. The number of rotatable bonds is 12. The largest absolute Gasteiger partial charge is 0.514 e. The molecule has 0 aliphatic carbocycles. The summed E-state index contributed by atoms with van der Waals surface area (Å²) >= 11 is 0. The van der Waals surface area contributed by atoms with Crippen LogP contribution in [0.15, 0.2) is 59.8 Å². The minimum Gasteiger partial charge on any atom is -0.429 e. The third kappa shape index (κ3) is 7.85. The SMILES string of the molecule is COCC(=O)CCCNC(=O)c1c(COC(=O)Oc2ccc(C)cc2)ccc(N=[N+]=[N-])c1-c1cccnn1. The molecule has 0 unspecified atom stereocenters. The van der Waals surface area contributed by atoms with Crippen molar-refractivity contribution >= 4 is 23.5 Å². The molecule has 3 rings (SSSR count). The fourth-order valence-electron chi connectivity index (χ4n) is 3.52. The van der Waals surface area contributed by atoms with E-state index in [4.69, 9.17) is 19.7 Å². The van der Waals surface area contributed by atoms with Crippen LogP contribution in [0.1, 0.15) is 34.3 Å². The summed E-state index contributed by atoms with van der Waals surface area (Å²) in [4.78, 5) is 40.3. The number of ether oxygens (including phenoxy) is 3. The average Bonchev–Trinajstić information content (AvgIpc) is 2.92. The Morgan fingerprint density at radius 3 is 2.58 bits per heavy atom. The molecule has 1 aromatic heterocycles. The van der Waals surface area contributed by atoms with Crippen LogP contribution in [0.4, 0.5) is 10.5 Å². The summed E-state index contributed by atoms with van der Waals surface area (Å²) in [6.07, 6.45) is 1.11. The van der Waals surface area contributed by atoms with Gasteiger partial charge in [-0.2, -0.15) is 10.2 Å². The molecule has 0 saturated heterocycles. The first-order chi connectivity index (χ1) is 18.4. The Morgan fingerprint density at radius 1 is 1.11 bits per heavy atom. The monoisotopic (exact) mass is 518 g/mol. The standard InChI is InChI=1S/C26H26N6O6/c1-17-7-10-20(11-8-17)38-26(35)37-15-18-9-12-22(31-32-27)24(21-6-4-14-29-30-21)23(18)25(34)28-13-3-5-19(33)16-36-2/h4,6-12,14H,3,5,13,15-16H2,1-2H3,(H,28,34). The van der Waals surface area contributed by atoms with Crippen LogP contribution in [0, 0.1) is 6.92 Å². The van der Waals surface area contributed by atoms with Gasteiger partial charge in [0.25, 0.3) is 5.91 Å². The molecule has 1 heterocycles. The fraction of sp³-hybridized carbons (Fsp3) is 0.269. The van der Waals surface area contributed by atoms with E-state index in [1.807, 2.05) is 6.92 Å². The van der Waals surface area contributed by atoms with Gasteiger partial charge in [-0.1, -0.05) is 34.9 Å². The lowest BCUT2D eigenvalue weighted by molar-refractivity contribution is -0.122. The molecule has 1 amide bonds. The number of nitrogens with one attached hydrogen (secondary N) is 1. The predicted molar refractivity (Wildman–Crippen MR) is 137 cm³/mol. The van der Waals surface area contributed by atoms with E-state index in [9.17, 15) is 14.4 Å². The van der Waals surface area contributed by atoms with E-state index in [1.165, 1.54) is 25.4 Å². The maximum Gasteiger partial charge on any atom is 0.514 e. The van der Waals surface area contributed by atoms with Gasteiger partial charge in [-0.15, -0.1) is 0 Å². The molecule has 3 aromatic rings. The second kappa shape index (κ2) is 14.1. The van der Waals surface area contributed by atoms with Gasteiger partial charge in [0.1, 0.15) is 19.0 Å². The van der Waals surface area contributed by atoms with Crippen LogP contribution in [0.3, 0.4) is 0 Å². The lowest BCUT2D eigenvalue weighted by Gasteiger charge is -2.17. The molecule has 1 N–H and O–H groups in total. The molecule has 0 atom stereocenters. The molecule has 0 saturated carbocycles. The van der Waals surface area contributed by atoms with Crippen LogP contribution < -0.4 is 10.1 Å². The van der Waals surface area contributed by atoms with Crippen molar-refractivity contribution in [1.29, 1.82) is 0 Å². The molecule has 38 heavy (non-hydrogen) atoms. The number of hydrogen-bond donors (Lipinski definition) is 1. The Labute approximate surface area is 218 Å². The second-order valence-electron chi connectivity index (χ2n) is 8.08. The van der Waals surface area contributed by atoms with Crippen molar-refractivity contribution in [2.45, 2.75) is 26.4 Å². The third-order valence-electron chi connectivity index (χ3n) is 5.27.